The summed E-state index contributed by atoms with van der Waals surface area (Å²) < 4.78 is 10.9. The van der Waals surface area contributed by atoms with Gasteiger partial charge in [-0.3, -0.25) is 4.79 Å². The van der Waals surface area contributed by atoms with E-state index in [2.05, 4.69) is 5.32 Å². The summed E-state index contributed by atoms with van der Waals surface area (Å²) in [6, 6.07) is 7.57. The van der Waals surface area contributed by atoms with Gasteiger partial charge in [-0.05, 0) is 31.9 Å². The van der Waals surface area contributed by atoms with Crippen LogP contribution < -0.4 is 14.8 Å². The van der Waals surface area contributed by atoms with Crippen LogP contribution in [0.4, 0.5) is 0 Å². The van der Waals surface area contributed by atoms with Crippen LogP contribution in [0.25, 0.3) is 6.08 Å². The highest BCUT2D eigenvalue weighted by Crippen LogP contribution is 2.32. The van der Waals surface area contributed by atoms with Crippen molar-refractivity contribution in [2.45, 2.75) is 45.1 Å². The third-order valence-electron chi connectivity index (χ3n) is 4.12. The van der Waals surface area contributed by atoms with Crippen LogP contribution in [0.3, 0.4) is 0 Å². The molecule has 24 heavy (non-hydrogen) atoms. The van der Waals surface area contributed by atoms with Gasteiger partial charge in [0.25, 0.3) is 5.91 Å². The van der Waals surface area contributed by atoms with Gasteiger partial charge in [-0.1, -0.05) is 31.4 Å². The number of rotatable bonds is 6. The smallest absolute Gasteiger partial charge is 0.262 e. The van der Waals surface area contributed by atoms with Crippen molar-refractivity contribution in [1.82, 2.24) is 5.32 Å². The van der Waals surface area contributed by atoms with Crippen molar-refractivity contribution < 1.29 is 14.3 Å². The Morgan fingerprint density at radius 1 is 1.38 bits per heavy atom. The van der Waals surface area contributed by atoms with Crippen molar-refractivity contribution in [2.24, 2.45) is 0 Å². The standard InChI is InChI=1S/C19H24N2O3/c1-3-24-17-11-7-8-14(18(17)23-2)12-15(13-20)19(22)21-16-9-5-4-6-10-16/h7-8,11-12,16H,3-6,9-10H2,1-2H3,(H,21,22)/b15-12+. The monoisotopic (exact) mass is 328 g/mol. The Bertz CT molecular complexity index is 641. The van der Waals surface area contributed by atoms with Crippen molar-refractivity contribution in [3.8, 4) is 17.6 Å². The van der Waals surface area contributed by atoms with Crippen molar-refractivity contribution in [3.63, 3.8) is 0 Å². The highest BCUT2D eigenvalue weighted by Gasteiger charge is 2.19. The maximum Gasteiger partial charge on any atom is 0.262 e. The van der Waals surface area contributed by atoms with Crippen LogP contribution in [0.5, 0.6) is 11.5 Å². The Morgan fingerprint density at radius 2 is 2.12 bits per heavy atom. The number of carbonyl (C=O) groups is 1. The van der Waals surface area contributed by atoms with Gasteiger partial charge in [0.1, 0.15) is 11.6 Å². The van der Waals surface area contributed by atoms with Gasteiger partial charge in [0.05, 0.1) is 13.7 Å². The summed E-state index contributed by atoms with van der Waals surface area (Å²) in [5.74, 6) is 0.796. The molecule has 0 atom stereocenters. The van der Waals surface area contributed by atoms with Crippen LogP contribution in [0.2, 0.25) is 0 Å². The second-order valence-electron chi connectivity index (χ2n) is 5.79. The van der Waals surface area contributed by atoms with E-state index in [1.54, 1.807) is 25.3 Å². The molecule has 1 aromatic carbocycles. The average Bonchev–Trinajstić information content (AvgIpc) is 2.60. The molecule has 1 aliphatic carbocycles. The van der Waals surface area contributed by atoms with E-state index in [0.29, 0.717) is 23.7 Å². The molecular weight excluding hydrogens is 304 g/mol. The van der Waals surface area contributed by atoms with Gasteiger partial charge in [-0.25, -0.2) is 0 Å². The van der Waals surface area contributed by atoms with E-state index in [0.717, 1.165) is 25.7 Å². The SMILES string of the molecule is CCOc1cccc(/C=C(\C#N)C(=O)NC2CCCCC2)c1OC. The van der Waals surface area contributed by atoms with E-state index >= 15 is 0 Å². The maximum absolute atomic E-state index is 12.4. The van der Waals surface area contributed by atoms with Crippen molar-refractivity contribution in [2.75, 3.05) is 13.7 Å². The molecule has 0 heterocycles. The number of ether oxygens (including phenoxy) is 2. The fraction of sp³-hybridized carbons (Fsp3) is 0.474. The van der Waals surface area contributed by atoms with E-state index in [-0.39, 0.29) is 17.5 Å². The quantitative estimate of drug-likeness (QED) is 0.641. The number of nitriles is 1. The first-order valence-corrected chi connectivity index (χ1v) is 8.42. The summed E-state index contributed by atoms with van der Waals surface area (Å²) in [6.45, 7) is 2.40. The Hall–Kier alpha value is -2.48. The maximum atomic E-state index is 12.4. The largest absolute Gasteiger partial charge is 0.492 e. The van der Waals surface area contributed by atoms with Crippen molar-refractivity contribution in [1.29, 1.82) is 5.26 Å². The molecule has 5 heteroatoms. The molecule has 1 fully saturated rings. The first-order chi connectivity index (χ1) is 11.7. The zero-order valence-corrected chi connectivity index (χ0v) is 14.3. The zero-order chi connectivity index (χ0) is 17.4. The number of nitrogens with one attached hydrogen (secondary N) is 1. The number of hydrogen-bond acceptors (Lipinski definition) is 4. The summed E-state index contributed by atoms with van der Waals surface area (Å²) in [4.78, 5) is 12.4. The molecule has 1 aliphatic rings. The molecule has 1 amide bonds. The third kappa shape index (κ3) is 4.51. The lowest BCUT2D eigenvalue weighted by atomic mass is 9.95. The summed E-state index contributed by atoms with van der Waals surface area (Å²) >= 11 is 0. The second-order valence-corrected chi connectivity index (χ2v) is 5.79. The number of para-hydroxylation sites is 1. The molecule has 1 aromatic rings. The van der Waals surface area contributed by atoms with Gasteiger partial charge in [-0.15, -0.1) is 0 Å². The summed E-state index contributed by atoms with van der Waals surface area (Å²) in [6.07, 6.45) is 6.98. The first kappa shape index (κ1) is 17.9. The van der Waals surface area contributed by atoms with Crippen molar-refractivity contribution in [3.05, 3.63) is 29.3 Å². The van der Waals surface area contributed by atoms with Crippen LogP contribution in [-0.4, -0.2) is 25.7 Å². The Morgan fingerprint density at radius 3 is 2.75 bits per heavy atom. The van der Waals surface area contributed by atoms with E-state index < -0.39 is 0 Å². The van der Waals surface area contributed by atoms with Gasteiger partial charge in [-0.2, -0.15) is 5.26 Å². The van der Waals surface area contributed by atoms with Gasteiger partial charge in [0.15, 0.2) is 11.5 Å². The lowest BCUT2D eigenvalue weighted by Gasteiger charge is -2.22. The van der Waals surface area contributed by atoms with E-state index in [9.17, 15) is 10.1 Å². The molecule has 0 saturated heterocycles. The molecule has 0 bridgehead atoms. The highest BCUT2D eigenvalue weighted by molar-refractivity contribution is 6.02. The predicted molar refractivity (Wildman–Crippen MR) is 92.8 cm³/mol. The molecule has 5 nitrogen and oxygen atoms in total. The Balaban J connectivity index is 2.21. The second kappa shape index (κ2) is 8.97. The topological polar surface area (TPSA) is 71.3 Å². The summed E-state index contributed by atoms with van der Waals surface area (Å²) in [5, 5.41) is 12.3. The predicted octanol–water partition coefficient (Wildman–Crippen LogP) is 3.45. The van der Waals surface area contributed by atoms with E-state index in [4.69, 9.17) is 9.47 Å². The molecule has 0 spiro atoms. The Labute approximate surface area is 143 Å². The number of carbonyl (C=O) groups excluding carboxylic acids is 1. The minimum absolute atomic E-state index is 0.0764. The van der Waals surface area contributed by atoms with E-state index in [1.807, 2.05) is 19.1 Å². The van der Waals surface area contributed by atoms with Crippen LogP contribution in [0, 0.1) is 11.3 Å². The number of nitrogens with zero attached hydrogens (tertiary/aromatic N) is 1. The van der Waals surface area contributed by atoms with Gasteiger partial charge >= 0.3 is 0 Å². The molecule has 0 unspecified atom stereocenters. The normalized spacial score (nSPS) is 15.5. The zero-order valence-electron chi connectivity index (χ0n) is 14.3. The molecule has 1 saturated carbocycles. The van der Waals surface area contributed by atoms with Gasteiger partial charge < -0.3 is 14.8 Å². The Kier molecular flexibility index (Phi) is 6.68. The van der Waals surface area contributed by atoms with Crippen LogP contribution in [0.1, 0.15) is 44.6 Å². The molecular formula is C19H24N2O3. The minimum Gasteiger partial charge on any atom is -0.492 e. The van der Waals surface area contributed by atoms with Crippen LogP contribution in [0.15, 0.2) is 23.8 Å². The first-order valence-electron chi connectivity index (χ1n) is 8.42. The van der Waals surface area contributed by atoms with Crippen LogP contribution >= 0.6 is 0 Å². The van der Waals surface area contributed by atoms with Crippen molar-refractivity contribution >= 4 is 12.0 Å². The van der Waals surface area contributed by atoms with E-state index in [1.165, 1.54) is 6.42 Å². The lowest BCUT2D eigenvalue weighted by Crippen LogP contribution is -2.36. The molecule has 0 aliphatic heterocycles. The van der Waals surface area contributed by atoms with Crippen LogP contribution in [-0.2, 0) is 4.79 Å². The third-order valence-corrected chi connectivity index (χ3v) is 4.12. The molecule has 0 radical (unpaired) electrons. The molecule has 128 valence electrons. The highest BCUT2D eigenvalue weighted by atomic mass is 16.5. The molecule has 0 aromatic heterocycles. The van der Waals surface area contributed by atoms with Gasteiger partial charge in [0, 0.05) is 11.6 Å². The minimum atomic E-state index is -0.326. The fourth-order valence-corrected chi connectivity index (χ4v) is 2.95. The summed E-state index contributed by atoms with van der Waals surface area (Å²) in [5.41, 5.74) is 0.728. The average molecular weight is 328 g/mol. The lowest BCUT2D eigenvalue weighted by molar-refractivity contribution is -0.117. The molecule has 2 rings (SSSR count). The summed E-state index contributed by atoms with van der Waals surface area (Å²) in [7, 11) is 1.54. The molecule has 1 N–H and O–H groups in total. The number of hydrogen-bond donors (Lipinski definition) is 1. The number of methoxy groups -OCH3 is 1. The fourth-order valence-electron chi connectivity index (χ4n) is 2.95. The number of amides is 1. The number of benzene rings is 1. The van der Waals surface area contributed by atoms with Gasteiger partial charge in [0.2, 0.25) is 0 Å².